The summed E-state index contributed by atoms with van der Waals surface area (Å²) in [5.74, 6) is 0.405. The van der Waals surface area contributed by atoms with Crippen LogP contribution in [0.3, 0.4) is 0 Å². The first kappa shape index (κ1) is 28.4. The number of nitrogens with one attached hydrogen (secondary N) is 2. The molecule has 2 heterocycles. The van der Waals surface area contributed by atoms with E-state index < -0.39 is 10.0 Å². The fourth-order valence-corrected chi connectivity index (χ4v) is 7.03. The summed E-state index contributed by atoms with van der Waals surface area (Å²) in [5.41, 5.74) is 3.69. The number of pyridine rings is 1. The molecule has 1 saturated heterocycles. The molecule has 3 aromatic rings. The number of hydrogen-bond acceptors (Lipinski definition) is 4. The average Bonchev–Trinajstić information content (AvgIpc) is 2.89. The molecule has 4 rings (SSSR count). The Hall–Kier alpha value is -2.65. The molecule has 0 aliphatic carbocycles. The molecule has 10 heteroatoms. The van der Waals surface area contributed by atoms with Gasteiger partial charge in [-0.1, -0.05) is 60.5 Å². The second-order valence-electron chi connectivity index (χ2n) is 9.52. The molecule has 0 bridgehead atoms. The van der Waals surface area contributed by atoms with E-state index in [0.29, 0.717) is 41.8 Å². The Balaban J connectivity index is 1.49. The molecule has 1 aliphatic rings. The number of carbonyl (C=O) groups excluding carboxylic acids is 1. The van der Waals surface area contributed by atoms with Gasteiger partial charge in [0, 0.05) is 53.7 Å². The standard InChI is InChI=1S/C28H32Cl2N4O3S/c1-2-14-38(36,37)34-12-9-22(10-13-34)27(19-32-28(35)33-26-16-24(29)15-25(30)17-26)21-7-5-20(6-8-21)23-4-3-11-31-18-23/h3-8,11,15-18,22,27H,2,9-10,12-14,19H2,1H3,(H2,32,33,35). The molecule has 1 atom stereocenters. The molecule has 1 fully saturated rings. The fourth-order valence-electron chi connectivity index (χ4n) is 4.96. The molecule has 2 amide bonds. The highest BCUT2D eigenvalue weighted by molar-refractivity contribution is 7.89. The second kappa shape index (κ2) is 12.9. The van der Waals surface area contributed by atoms with E-state index in [2.05, 4.69) is 39.9 Å². The third kappa shape index (κ3) is 7.47. The quantitative estimate of drug-likeness (QED) is 0.308. The van der Waals surface area contributed by atoms with Crippen LogP contribution in [-0.4, -0.2) is 49.1 Å². The molecule has 2 aromatic carbocycles. The number of nitrogens with zero attached hydrogens (tertiary/aromatic N) is 2. The van der Waals surface area contributed by atoms with Crippen LogP contribution in [0.1, 0.15) is 37.7 Å². The van der Waals surface area contributed by atoms with Crippen LogP contribution < -0.4 is 10.6 Å². The van der Waals surface area contributed by atoms with Crippen molar-refractivity contribution in [3.05, 3.63) is 82.6 Å². The molecular formula is C28H32Cl2N4O3S. The largest absolute Gasteiger partial charge is 0.337 e. The molecule has 1 aliphatic heterocycles. The zero-order valence-electron chi connectivity index (χ0n) is 21.2. The molecule has 38 heavy (non-hydrogen) atoms. The van der Waals surface area contributed by atoms with Crippen LogP contribution in [0.15, 0.2) is 67.0 Å². The summed E-state index contributed by atoms with van der Waals surface area (Å²) in [6.07, 6.45) is 5.63. The van der Waals surface area contributed by atoms with Gasteiger partial charge < -0.3 is 10.6 Å². The average molecular weight is 576 g/mol. The van der Waals surface area contributed by atoms with Gasteiger partial charge in [-0.05, 0) is 66.1 Å². The minimum absolute atomic E-state index is 0.0164. The first-order valence-electron chi connectivity index (χ1n) is 12.7. The number of aromatic nitrogens is 1. The molecule has 1 aromatic heterocycles. The smallest absolute Gasteiger partial charge is 0.319 e. The maximum atomic E-state index is 12.7. The van der Waals surface area contributed by atoms with Gasteiger partial charge in [-0.25, -0.2) is 17.5 Å². The Kier molecular flexibility index (Phi) is 9.65. The Labute approximate surface area is 234 Å². The maximum Gasteiger partial charge on any atom is 0.319 e. The number of carbonyl (C=O) groups is 1. The van der Waals surface area contributed by atoms with Crippen molar-refractivity contribution in [2.24, 2.45) is 5.92 Å². The number of benzene rings is 2. The molecule has 2 N–H and O–H groups in total. The van der Waals surface area contributed by atoms with Crippen molar-refractivity contribution in [1.29, 1.82) is 0 Å². The van der Waals surface area contributed by atoms with Gasteiger partial charge in [-0.2, -0.15) is 0 Å². The van der Waals surface area contributed by atoms with Crippen LogP contribution in [0.4, 0.5) is 10.5 Å². The van der Waals surface area contributed by atoms with Crippen molar-refractivity contribution in [1.82, 2.24) is 14.6 Å². The van der Waals surface area contributed by atoms with E-state index in [1.165, 1.54) is 0 Å². The minimum atomic E-state index is -3.22. The topological polar surface area (TPSA) is 91.4 Å². The number of sulfonamides is 1. The Morgan fingerprint density at radius 2 is 1.74 bits per heavy atom. The normalized spacial score (nSPS) is 15.7. The molecule has 1 unspecified atom stereocenters. The molecule has 0 saturated carbocycles. The van der Waals surface area contributed by atoms with Crippen LogP contribution >= 0.6 is 23.2 Å². The number of anilines is 1. The lowest BCUT2D eigenvalue weighted by Crippen LogP contribution is -2.42. The summed E-state index contributed by atoms with van der Waals surface area (Å²) in [7, 11) is -3.22. The monoisotopic (exact) mass is 574 g/mol. The molecule has 202 valence electrons. The lowest BCUT2D eigenvalue weighted by atomic mass is 9.80. The summed E-state index contributed by atoms with van der Waals surface area (Å²) < 4.78 is 26.8. The Morgan fingerprint density at radius 1 is 1.05 bits per heavy atom. The van der Waals surface area contributed by atoms with Gasteiger partial charge in [0.15, 0.2) is 0 Å². The number of rotatable bonds is 9. The summed E-state index contributed by atoms with van der Waals surface area (Å²) in [4.78, 5) is 16.9. The van der Waals surface area contributed by atoms with E-state index in [4.69, 9.17) is 23.2 Å². The zero-order valence-corrected chi connectivity index (χ0v) is 23.6. The van der Waals surface area contributed by atoms with E-state index in [1.807, 2.05) is 25.3 Å². The third-order valence-electron chi connectivity index (χ3n) is 6.86. The summed E-state index contributed by atoms with van der Waals surface area (Å²) >= 11 is 12.1. The van der Waals surface area contributed by atoms with Gasteiger partial charge in [0.1, 0.15) is 0 Å². The van der Waals surface area contributed by atoms with E-state index in [9.17, 15) is 13.2 Å². The van der Waals surface area contributed by atoms with Crippen molar-refractivity contribution in [2.75, 3.05) is 30.7 Å². The second-order valence-corrected chi connectivity index (χ2v) is 12.5. The van der Waals surface area contributed by atoms with Gasteiger partial charge in [0.2, 0.25) is 10.0 Å². The van der Waals surface area contributed by atoms with Crippen LogP contribution in [-0.2, 0) is 10.0 Å². The van der Waals surface area contributed by atoms with Gasteiger partial charge in [-0.3, -0.25) is 4.98 Å². The number of urea groups is 1. The van der Waals surface area contributed by atoms with Crippen molar-refractivity contribution in [3.63, 3.8) is 0 Å². The SMILES string of the molecule is CCCS(=O)(=O)N1CCC(C(CNC(=O)Nc2cc(Cl)cc(Cl)c2)c2ccc(-c3cccnc3)cc2)CC1. The summed E-state index contributed by atoms with van der Waals surface area (Å²) in [6, 6.07) is 16.7. The van der Waals surface area contributed by atoms with Crippen LogP contribution in [0.2, 0.25) is 10.0 Å². The summed E-state index contributed by atoms with van der Waals surface area (Å²) in [6.45, 7) is 3.26. The highest BCUT2D eigenvalue weighted by Crippen LogP contribution is 2.34. The summed E-state index contributed by atoms with van der Waals surface area (Å²) in [5, 5.41) is 6.66. The number of hydrogen-bond donors (Lipinski definition) is 2. The number of piperidine rings is 1. The van der Waals surface area contributed by atoms with Gasteiger partial charge in [0.25, 0.3) is 0 Å². The van der Waals surface area contributed by atoms with E-state index >= 15 is 0 Å². The molecule has 7 nitrogen and oxygen atoms in total. The molecule has 0 radical (unpaired) electrons. The molecular weight excluding hydrogens is 543 g/mol. The van der Waals surface area contributed by atoms with Crippen molar-refractivity contribution >= 4 is 44.9 Å². The highest BCUT2D eigenvalue weighted by Gasteiger charge is 2.32. The predicted molar refractivity (Wildman–Crippen MR) is 154 cm³/mol. The van der Waals surface area contributed by atoms with E-state index in [-0.39, 0.29) is 23.6 Å². The molecule has 0 spiro atoms. The predicted octanol–water partition coefficient (Wildman–Crippen LogP) is 6.41. The fraction of sp³-hybridized carbons (Fsp3) is 0.357. The van der Waals surface area contributed by atoms with Crippen molar-refractivity contribution in [2.45, 2.75) is 32.1 Å². The zero-order chi connectivity index (χ0) is 27.1. The van der Waals surface area contributed by atoms with Crippen LogP contribution in [0.25, 0.3) is 11.1 Å². The Bertz CT molecular complexity index is 1310. The van der Waals surface area contributed by atoms with E-state index in [0.717, 1.165) is 29.5 Å². The highest BCUT2D eigenvalue weighted by atomic mass is 35.5. The third-order valence-corrected chi connectivity index (χ3v) is 9.37. The van der Waals surface area contributed by atoms with E-state index in [1.54, 1.807) is 28.7 Å². The van der Waals surface area contributed by atoms with Gasteiger partial charge in [-0.15, -0.1) is 0 Å². The first-order valence-corrected chi connectivity index (χ1v) is 15.1. The van der Waals surface area contributed by atoms with Gasteiger partial charge >= 0.3 is 6.03 Å². The minimum Gasteiger partial charge on any atom is -0.337 e. The first-order chi connectivity index (χ1) is 18.2. The van der Waals surface area contributed by atoms with Crippen LogP contribution in [0.5, 0.6) is 0 Å². The number of halogens is 2. The lowest BCUT2D eigenvalue weighted by molar-refractivity contribution is 0.233. The van der Waals surface area contributed by atoms with Gasteiger partial charge in [0.05, 0.1) is 5.75 Å². The van der Waals surface area contributed by atoms with Crippen LogP contribution in [0, 0.1) is 5.92 Å². The maximum absolute atomic E-state index is 12.7. The number of amides is 2. The lowest BCUT2D eigenvalue weighted by Gasteiger charge is -2.36. The van der Waals surface area contributed by atoms with Crippen molar-refractivity contribution in [3.8, 4) is 11.1 Å². The van der Waals surface area contributed by atoms with Crippen molar-refractivity contribution < 1.29 is 13.2 Å². The Morgan fingerprint density at radius 3 is 2.34 bits per heavy atom.